The molecule has 2 rings (SSSR count). The molecule has 0 saturated carbocycles. The van der Waals surface area contributed by atoms with Crippen LogP contribution in [-0.2, 0) is 13.5 Å². The molecule has 20 heavy (non-hydrogen) atoms. The van der Waals surface area contributed by atoms with Gasteiger partial charge in [-0.25, -0.2) is 0 Å². The summed E-state index contributed by atoms with van der Waals surface area (Å²) in [6.45, 7) is 3.10. The molecule has 3 nitrogen and oxygen atoms in total. The molecule has 2 aromatic rings. The smallest absolute Gasteiger partial charge is 0.0522 e. The van der Waals surface area contributed by atoms with Gasteiger partial charge in [0.15, 0.2) is 0 Å². The highest BCUT2D eigenvalue weighted by Gasteiger charge is 2.15. The number of hydrogen-bond acceptors (Lipinski definition) is 2. The van der Waals surface area contributed by atoms with Crippen LogP contribution in [0.25, 0.3) is 0 Å². The zero-order valence-corrected chi connectivity index (χ0v) is 13.2. The van der Waals surface area contributed by atoms with E-state index in [-0.39, 0.29) is 6.04 Å². The predicted molar refractivity (Wildman–Crippen MR) is 84.4 cm³/mol. The minimum absolute atomic E-state index is 0.170. The summed E-state index contributed by atoms with van der Waals surface area (Å²) in [7, 11) is 1.92. The van der Waals surface area contributed by atoms with Crippen LogP contribution in [0.2, 0.25) is 10.0 Å². The van der Waals surface area contributed by atoms with E-state index < -0.39 is 0 Å². The Bertz CT molecular complexity index is 566. The molecule has 0 radical (unpaired) electrons. The zero-order chi connectivity index (χ0) is 14.5. The summed E-state index contributed by atoms with van der Waals surface area (Å²) in [6, 6.07) is 5.84. The molecule has 1 heterocycles. The van der Waals surface area contributed by atoms with Crippen LogP contribution in [0, 0.1) is 0 Å². The molecule has 1 atom stereocenters. The van der Waals surface area contributed by atoms with E-state index in [0.717, 1.165) is 24.9 Å². The van der Waals surface area contributed by atoms with Gasteiger partial charge in [0.2, 0.25) is 0 Å². The van der Waals surface area contributed by atoms with Gasteiger partial charge in [0, 0.05) is 29.3 Å². The fraction of sp³-hybridized carbons (Fsp3) is 0.400. The van der Waals surface area contributed by atoms with Crippen LogP contribution in [-0.4, -0.2) is 16.3 Å². The Morgan fingerprint density at radius 3 is 2.75 bits per heavy atom. The van der Waals surface area contributed by atoms with Gasteiger partial charge in [-0.15, -0.1) is 0 Å². The molecular weight excluding hydrogens is 293 g/mol. The summed E-state index contributed by atoms with van der Waals surface area (Å²) < 4.78 is 1.82. The number of hydrogen-bond donors (Lipinski definition) is 1. The van der Waals surface area contributed by atoms with Crippen molar-refractivity contribution >= 4 is 23.2 Å². The maximum Gasteiger partial charge on any atom is 0.0522 e. The van der Waals surface area contributed by atoms with Gasteiger partial charge in [-0.05, 0) is 42.6 Å². The van der Waals surface area contributed by atoms with Crippen LogP contribution in [0.5, 0.6) is 0 Å². The van der Waals surface area contributed by atoms with Gasteiger partial charge < -0.3 is 5.32 Å². The monoisotopic (exact) mass is 311 g/mol. The number of benzene rings is 1. The van der Waals surface area contributed by atoms with E-state index in [9.17, 15) is 0 Å². The third-order valence-corrected chi connectivity index (χ3v) is 3.74. The average molecular weight is 312 g/mol. The second kappa shape index (κ2) is 7.11. The third-order valence-electron chi connectivity index (χ3n) is 3.18. The lowest BCUT2D eigenvalue weighted by Crippen LogP contribution is -2.24. The highest BCUT2D eigenvalue weighted by atomic mass is 35.5. The van der Waals surface area contributed by atoms with Gasteiger partial charge in [0.1, 0.15) is 0 Å². The van der Waals surface area contributed by atoms with Gasteiger partial charge in [0.05, 0.1) is 6.20 Å². The summed E-state index contributed by atoms with van der Waals surface area (Å²) in [5, 5.41) is 9.12. The van der Waals surface area contributed by atoms with E-state index in [1.807, 2.05) is 36.3 Å². The molecule has 0 fully saturated rings. The average Bonchev–Trinajstić information content (AvgIpc) is 2.80. The van der Waals surface area contributed by atoms with E-state index in [1.54, 1.807) is 6.07 Å². The predicted octanol–water partition coefficient (Wildman–Crippen LogP) is 4.01. The topological polar surface area (TPSA) is 29.9 Å². The van der Waals surface area contributed by atoms with Crippen molar-refractivity contribution in [2.24, 2.45) is 7.05 Å². The molecule has 1 aromatic heterocycles. The molecule has 1 N–H and O–H groups in total. The van der Waals surface area contributed by atoms with Crippen molar-refractivity contribution < 1.29 is 0 Å². The lowest BCUT2D eigenvalue weighted by atomic mass is 10.0. The normalized spacial score (nSPS) is 12.6. The standard InChI is InChI=1S/C15H19Cl2N3/c1-3-6-18-15(7-11-9-19-20(2)10-11)13-5-4-12(16)8-14(13)17/h4-5,8-10,15,18H,3,6-7H2,1-2H3. The van der Waals surface area contributed by atoms with Gasteiger partial charge >= 0.3 is 0 Å². The maximum atomic E-state index is 6.33. The Hall–Kier alpha value is -1.03. The fourth-order valence-corrected chi connectivity index (χ4v) is 2.75. The van der Waals surface area contributed by atoms with Crippen LogP contribution < -0.4 is 5.32 Å². The quantitative estimate of drug-likeness (QED) is 0.873. The van der Waals surface area contributed by atoms with E-state index in [2.05, 4.69) is 17.3 Å². The van der Waals surface area contributed by atoms with E-state index >= 15 is 0 Å². The minimum atomic E-state index is 0.170. The van der Waals surface area contributed by atoms with Crippen LogP contribution in [0.4, 0.5) is 0 Å². The molecule has 0 bridgehead atoms. The highest BCUT2D eigenvalue weighted by Crippen LogP contribution is 2.28. The number of nitrogens with one attached hydrogen (secondary N) is 1. The van der Waals surface area contributed by atoms with Crippen molar-refractivity contribution in [2.75, 3.05) is 6.54 Å². The number of aryl methyl sites for hydroxylation is 1. The summed E-state index contributed by atoms with van der Waals surface area (Å²) in [5.74, 6) is 0. The van der Waals surface area contributed by atoms with Crippen LogP contribution >= 0.6 is 23.2 Å². The summed E-state index contributed by atoms with van der Waals surface area (Å²) >= 11 is 12.3. The third kappa shape index (κ3) is 3.98. The van der Waals surface area contributed by atoms with E-state index in [4.69, 9.17) is 23.2 Å². The Balaban J connectivity index is 2.22. The Morgan fingerprint density at radius 2 is 2.15 bits per heavy atom. The Kier molecular flexibility index (Phi) is 5.46. The lowest BCUT2D eigenvalue weighted by molar-refractivity contribution is 0.529. The van der Waals surface area contributed by atoms with Gasteiger partial charge in [-0.2, -0.15) is 5.10 Å². The molecule has 0 aliphatic carbocycles. The lowest BCUT2D eigenvalue weighted by Gasteiger charge is -2.19. The fourth-order valence-electron chi connectivity index (χ4n) is 2.21. The van der Waals surface area contributed by atoms with E-state index in [1.165, 1.54) is 5.56 Å². The maximum absolute atomic E-state index is 6.33. The molecule has 0 amide bonds. The Labute approximate surface area is 129 Å². The number of nitrogens with zero attached hydrogens (tertiary/aromatic N) is 2. The summed E-state index contributed by atoms with van der Waals surface area (Å²) in [6.07, 6.45) is 5.86. The van der Waals surface area contributed by atoms with Crippen LogP contribution in [0.15, 0.2) is 30.6 Å². The first-order chi connectivity index (χ1) is 9.60. The molecule has 1 aromatic carbocycles. The molecule has 0 spiro atoms. The number of rotatable bonds is 6. The van der Waals surface area contributed by atoms with Crippen molar-refractivity contribution in [1.82, 2.24) is 15.1 Å². The zero-order valence-electron chi connectivity index (χ0n) is 11.7. The SMILES string of the molecule is CCCNC(Cc1cnn(C)c1)c1ccc(Cl)cc1Cl. The summed E-state index contributed by atoms with van der Waals surface area (Å²) in [4.78, 5) is 0. The summed E-state index contributed by atoms with van der Waals surface area (Å²) in [5.41, 5.74) is 2.26. The van der Waals surface area contributed by atoms with Gasteiger partial charge in [0.25, 0.3) is 0 Å². The van der Waals surface area contributed by atoms with Crippen LogP contribution in [0.1, 0.15) is 30.5 Å². The van der Waals surface area contributed by atoms with Gasteiger partial charge in [-0.1, -0.05) is 36.2 Å². The molecule has 108 valence electrons. The molecule has 0 aliphatic heterocycles. The largest absolute Gasteiger partial charge is 0.310 e. The van der Waals surface area contributed by atoms with Crippen molar-refractivity contribution in [3.8, 4) is 0 Å². The molecule has 5 heteroatoms. The number of aromatic nitrogens is 2. The highest BCUT2D eigenvalue weighted by molar-refractivity contribution is 6.35. The van der Waals surface area contributed by atoms with Crippen molar-refractivity contribution in [2.45, 2.75) is 25.8 Å². The van der Waals surface area contributed by atoms with Crippen molar-refractivity contribution in [3.05, 3.63) is 51.8 Å². The van der Waals surface area contributed by atoms with E-state index in [0.29, 0.717) is 10.0 Å². The second-order valence-electron chi connectivity index (χ2n) is 4.90. The minimum Gasteiger partial charge on any atom is -0.310 e. The molecular formula is C15H19Cl2N3. The first kappa shape index (κ1) is 15.4. The second-order valence-corrected chi connectivity index (χ2v) is 5.74. The molecule has 0 saturated heterocycles. The first-order valence-electron chi connectivity index (χ1n) is 6.76. The first-order valence-corrected chi connectivity index (χ1v) is 7.51. The van der Waals surface area contributed by atoms with Crippen molar-refractivity contribution in [1.29, 1.82) is 0 Å². The molecule has 1 unspecified atom stereocenters. The Morgan fingerprint density at radius 1 is 1.35 bits per heavy atom. The number of halogens is 2. The van der Waals surface area contributed by atoms with Gasteiger partial charge in [-0.3, -0.25) is 4.68 Å². The van der Waals surface area contributed by atoms with Crippen LogP contribution in [0.3, 0.4) is 0 Å². The molecule has 0 aliphatic rings. The van der Waals surface area contributed by atoms with Crippen molar-refractivity contribution in [3.63, 3.8) is 0 Å².